The van der Waals surface area contributed by atoms with Crippen molar-refractivity contribution in [2.45, 2.75) is 245 Å². The van der Waals surface area contributed by atoms with Gasteiger partial charge in [-0.2, -0.15) is 0 Å². The van der Waals surface area contributed by atoms with Gasteiger partial charge in [0.1, 0.15) is 6.61 Å². The fourth-order valence-corrected chi connectivity index (χ4v) is 7.51. The number of unbranched alkanes of at least 4 members (excludes halogenated alkanes) is 18. The summed E-state index contributed by atoms with van der Waals surface area (Å²) >= 11 is 0. The van der Waals surface area contributed by atoms with Gasteiger partial charge in [-0.15, -0.1) is 0 Å². The first-order valence-electron chi connectivity index (χ1n) is 28.7. The molecule has 0 aliphatic heterocycles. The quantitative estimate of drug-likeness (QED) is 0.0345. The van der Waals surface area contributed by atoms with Gasteiger partial charge in [-0.1, -0.05) is 231 Å². The van der Waals surface area contributed by atoms with Crippen molar-refractivity contribution in [3.05, 3.63) is 134 Å². The van der Waals surface area contributed by atoms with Crippen LogP contribution in [-0.2, 0) is 23.8 Å². The Balaban J connectivity index is 4.40. The van der Waals surface area contributed by atoms with Gasteiger partial charge in [0.05, 0.1) is 6.61 Å². The van der Waals surface area contributed by atoms with Crippen LogP contribution in [0.2, 0.25) is 0 Å². The fourth-order valence-electron chi connectivity index (χ4n) is 7.51. The molecule has 1 atom stereocenters. The van der Waals surface area contributed by atoms with Crippen LogP contribution < -0.4 is 0 Å². The van der Waals surface area contributed by atoms with Gasteiger partial charge in [-0.05, 0) is 128 Å². The second kappa shape index (κ2) is 59.3. The van der Waals surface area contributed by atoms with E-state index in [0.717, 1.165) is 135 Å². The van der Waals surface area contributed by atoms with Crippen LogP contribution in [0, 0.1) is 0 Å². The van der Waals surface area contributed by atoms with Crippen LogP contribution in [0.5, 0.6) is 0 Å². The molecule has 1 unspecified atom stereocenters. The van der Waals surface area contributed by atoms with E-state index < -0.39 is 6.10 Å². The molecule has 0 aromatic carbocycles. The van der Waals surface area contributed by atoms with Crippen molar-refractivity contribution < 1.29 is 23.8 Å². The molecule has 5 heteroatoms. The summed E-state index contributed by atoms with van der Waals surface area (Å²) < 4.78 is 17.5. The summed E-state index contributed by atoms with van der Waals surface area (Å²) in [6, 6.07) is 0. The van der Waals surface area contributed by atoms with Gasteiger partial charge in [0.15, 0.2) is 6.10 Å². The van der Waals surface area contributed by atoms with Gasteiger partial charge in [0, 0.05) is 19.4 Å². The van der Waals surface area contributed by atoms with Gasteiger partial charge in [-0.25, -0.2) is 0 Å². The van der Waals surface area contributed by atoms with Gasteiger partial charge in [0.2, 0.25) is 0 Å². The predicted octanol–water partition coefficient (Wildman–Crippen LogP) is 19.9. The standard InChI is InChI=1S/C65H106O5/c1-4-7-10-13-16-19-22-25-28-31-33-35-37-40-43-46-49-52-55-58-64(66)69-62-63(61-68-60-57-54-51-48-45-42-39-36-32-29-26-23-20-17-14-11-8-5-2)70-65(67)59-56-53-50-47-44-41-38-34-30-27-24-21-18-15-12-9-6-3/h7-12,16-21,25-30,33,35,40,43,63H,4-6,13-15,22-24,31-32,34,36-39,41-42,44-62H2,1-3H3/b10-7-,11-8-,12-9-,19-16-,20-17-,21-18-,28-25-,29-26-,30-27-,35-33-,43-40-. The second-order valence-electron chi connectivity index (χ2n) is 18.4. The molecule has 0 aliphatic rings. The van der Waals surface area contributed by atoms with Gasteiger partial charge >= 0.3 is 11.9 Å². The molecular formula is C65H106O5. The summed E-state index contributed by atoms with van der Waals surface area (Å²) in [4.78, 5) is 25.5. The number of carbonyl (C=O) groups excluding carboxylic acids is 2. The molecule has 0 aromatic heterocycles. The molecule has 70 heavy (non-hydrogen) atoms. The predicted molar refractivity (Wildman–Crippen MR) is 306 cm³/mol. The highest BCUT2D eigenvalue weighted by atomic mass is 16.6. The molecule has 0 bridgehead atoms. The first kappa shape index (κ1) is 66.0. The Bertz CT molecular complexity index is 1470. The Morgan fingerprint density at radius 1 is 0.314 bits per heavy atom. The summed E-state index contributed by atoms with van der Waals surface area (Å²) in [5.41, 5.74) is 0. The molecule has 0 N–H and O–H groups in total. The molecule has 0 spiro atoms. The molecule has 0 aliphatic carbocycles. The molecule has 0 rings (SSSR count). The number of rotatable bonds is 51. The minimum atomic E-state index is -0.570. The van der Waals surface area contributed by atoms with Crippen LogP contribution in [0.25, 0.3) is 0 Å². The summed E-state index contributed by atoms with van der Waals surface area (Å²) in [5.74, 6) is -0.455. The number of allylic oxidation sites excluding steroid dienone is 22. The average molecular weight is 968 g/mol. The molecule has 0 saturated carbocycles. The van der Waals surface area contributed by atoms with Crippen LogP contribution in [0.15, 0.2) is 134 Å². The van der Waals surface area contributed by atoms with E-state index in [1.807, 2.05) is 0 Å². The van der Waals surface area contributed by atoms with Crippen LogP contribution >= 0.6 is 0 Å². The highest BCUT2D eigenvalue weighted by molar-refractivity contribution is 5.70. The number of carbonyl (C=O) groups is 2. The lowest BCUT2D eigenvalue weighted by Gasteiger charge is -2.18. The molecule has 0 heterocycles. The van der Waals surface area contributed by atoms with E-state index in [4.69, 9.17) is 14.2 Å². The first-order valence-corrected chi connectivity index (χ1v) is 28.7. The SMILES string of the molecule is CC/C=C\C/C=C\C/C=C\C/C=C\C/C=C\CCCCCC(=O)OCC(COCCCCCCCCCC/C=C\C/C=C\C/C=C\CC)OC(=O)CCCCCCCCC/C=C\C/C=C\C/C=C\CC. The van der Waals surface area contributed by atoms with Gasteiger partial charge in [-0.3, -0.25) is 9.59 Å². The van der Waals surface area contributed by atoms with Crippen LogP contribution in [0.3, 0.4) is 0 Å². The molecule has 5 nitrogen and oxygen atoms in total. The lowest BCUT2D eigenvalue weighted by atomic mass is 10.1. The van der Waals surface area contributed by atoms with Crippen molar-refractivity contribution in [2.75, 3.05) is 19.8 Å². The topological polar surface area (TPSA) is 61.8 Å². The van der Waals surface area contributed by atoms with Crippen molar-refractivity contribution in [3.8, 4) is 0 Å². The van der Waals surface area contributed by atoms with Gasteiger partial charge in [0.25, 0.3) is 0 Å². The third kappa shape index (κ3) is 56.6. The maximum Gasteiger partial charge on any atom is 0.306 e. The molecule has 0 fully saturated rings. The first-order chi connectivity index (χ1) is 34.6. The van der Waals surface area contributed by atoms with Crippen molar-refractivity contribution in [3.63, 3.8) is 0 Å². The maximum absolute atomic E-state index is 12.9. The normalized spacial score (nSPS) is 13.2. The summed E-state index contributed by atoms with van der Waals surface area (Å²) in [6.45, 7) is 7.43. The zero-order chi connectivity index (χ0) is 50.6. The van der Waals surface area contributed by atoms with Crippen LogP contribution in [0.1, 0.15) is 239 Å². The lowest BCUT2D eigenvalue weighted by molar-refractivity contribution is -0.163. The molecule has 0 aromatic rings. The summed E-state index contributed by atoms with van der Waals surface area (Å²) in [6.07, 6.45) is 84.7. The van der Waals surface area contributed by atoms with E-state index >= 15 is 0 Å². The fraction of sp³-hybridized carbons (Fsp3) is 0.631. The molecule has 0 amide bonds. The lowest BCUT2D eigenvalue weighted by Crippen LogP contribution is -2.30. The van der Waals surface area contributed by atoms with Crippen molar-refractivity contribution in [1.82, 2.24) is 0 Å². The molecule has 0 saturated heterocycles. The molecule has 396 valence electrons. The monoisotopic (exact) mass is 967 g/mol. The Labute approximate surface area is 432 Å². The van der Waals surface area contributed by atoms with E-state index in [0.29, 0.717) is 19.4 Å². The van der Waals surface area contributed by atoms with Crippen LogP contribution in [0.4, 0.5) is 0 Å². The van der Waals surface area contributed by atoms with Crippen molar-refractivity contribution in [1.29, 1.82) is 0 Å². The molecule has 0 radical (unpaired) electrons. The minimum Gasteiger partial charge on any atom is -0.462 e. The Morgan fingerprint density at radius 2 is 0.600 bits per heavy atom. The van der Waals surface area contributed by atoms with Crippen LogP contribution in [-0.4, -0.2) is 37.9 Å². The number of ether oxygens (including phenoxy) is 3. The number of esters is 2. The maximum atomic E-state index is 12.9. The van der Waals surface area contributed by atoms with E-state index in [1.54, 1.807) is 0 Å². The third-order valence-corrected chi connectivity index (χ3v) is 11.7. The van der Waals surface area contributed by atoms with E-state index in [1.165, 1.54) is 70.6 Å². The third-order valence-electron chi connectivity index (χ3n) is 11.7. The summed E-state index contributed by atoms with van der Waals surface area (Å²) in [5, 5.41) is 0. The van der Waals surface area contributed by atoms with Gasteiger partial charge < -0.3 is 14.2 Å². The van der Waals surface area contributed by atoms with E-state index in [-0.39, 0.29) is 25.2 Å². The average Bonchev–Trinajstić information content (AvgIpc) is 3.36. The second-order valence-corrected chi connectivity index (χ2v) is 18.4. The Morgan fingerprint density at radius 3 is 0.971 bits per heavy atom. The minimum absolute atomic E-state index is 0.0525. The Hall–Kier alpha value is -3.96. The van der Waals surface area contributed by atoms with Crippen molar-refractivity contribution >= 4 is 11.9 Å². The number of hydrogen-bond donors (Lipinski definition) is 0. The smallest absolute Gasteiger partial charge is 0.306 e. The zero-order valence-corrected chi connectivity index (χ0v) is 45.5. The zero-order valence-electron chi connectivity index (χ0n) is 45.5. The largest absolute Gasteiger partial charge is 0.462 e. The Kier molecular flexibility index (Phi) is 56.0. The van der Waals surface area contributed by atoms with E-state index in [9.17, 15) is 9.59 Å². The molecular weight excluding hydrogens is 861 g/mol. The van der Waals surface area contributed by atoms with E-state index in [2.05, 4.69) is 154 Å². The van der Waals surface area contributed by atoms with Crippen molar-refractivity contribution in [2.24, 2.45) is 0 Å². The highest BCUT2D eigenvalue weighted by Gasteiger charge is 2.17. The number of hydrogen-bond acceptors (Lipinski definition) is 5. The summed E-state index contributed by atoms with van der Waals surface area (Å²) in [7, 11) is 0. The highest BCUT2D eigenvalue weighted by Crippen LogP contribution is 2.14.